The zero-order chi connectivity index (χ0) is 26.8. The summed E-state index contributed by atoms with van der Waals surface area (Å²) in [5, 5.41) is 9.45. The molecule has 0 aliphatic carbocycles. The number of ether oxygens (including phenoxy) is 2. The van der Waals surface area contributed by atoms with Crippen LogP contribution in [0.2, 0.25) is 0 Å². The largest absolute Gasteiger partial charge is 0.485 e. The summed E-state index contributed by atoms with van der Waals surface area (Å²) in [6.07, 6.45) is 5.16. The number of rotatable bonds is 8. The van der Waals surface area contributed by atoms with E-state index in [-0.39, 0.29) is 17.8 Å². The lowest BCUT2D eigenvalue weighted by Crippen LogP contribution is -2.20. The third-order valence-corrected chi connectivity index (χ3v) is 8.12. The third-order valence-electron chi connectivity index (χ3n) is 8.12. The molecule has 2 aliphatic rings. The van der Waals surface area contributed by atoms with Crippen molar-refractivity contribution in [2.24, 2.45) is 5.92 Å². The minimum Gasteiger partial charge on any atom is -0.485 e. The van der Waals surface area contributed by atoms with Crippen molar-refractivity contribution >= 4 is 5.97 Å². The lowest BCUT2D eigenvalue weighted by molar-refractivity contribution is -0.141. The SMILES string of the molecule is COc1cc(-c2ccc(C3CCc4ccc([C@H](C)[C@H](C)C(=O)O)cc4O3)cc2CN2CCCC2)c(F)cn1. The van der Waals surface area contributed by atoms with Crippen LogP contribution in [0.3, 0.4) is 0 Å². The molecule has 1 fully saturated rings. The Balaban J connectivity index is 1.46. The average Bonchev–Trinajstić information content (AvgIpc) is 3.45. The number of halogens is 1. The maximum Gasteiger partial charge on any atom is 0.306 e. The van der Waals surface area contributed by atoms with E-state index in [1.807, 2.05) is 31.2 Å². The zero-order valence-electron chi connectivity index (χ0n) is 22.2. The van der Waals surface area contributed by atoms with Crippen molar-refractivity contribution in [2.75, 3.05) is 20.2 Å². The summed E-state index contributed by atoms with van der Waals surface area (Å²) in [6.45, 7) is 6.49. The number of likely N-dealkylation sites (tertiary alicyclic amines) is 1. The van der Waals surface area contributed by atoms with Gasteiger partial charge in [-0.1, -0.05) is 44.2 Å². The number of carboxylic acid groups (broad SMARTS) is 1. The number of carbonyl (C=O) groups is 1. The van der Waals surface area contributed by atoms with Gasteiger partial charge in [0.05, 0.1) is 19.2 Å². The van der Waals surface area contributed by atoms with Gasteiger partial charge < -0.3 is 14.6 Å². The molecular formula is C31H35FN2O4. The number of aliphatic carboxylic acids is 1. The van der Waals surface area contributed by atoms with Crippen LogP contribution in [0, 0.1) is 11.7 Å². The van der Waals surface area contributed by atoms with Crippen LogP contribution in [0.25, 0.3) is 11.1 Å². The van der Waals surface area contributed by atoms with Crippen LogP contribution >= 0.6 is 0 Å². The van der Waals surface area contributed by atoms with Crippen LogP contribution in [0.1, 0.15) is 67.4 Å². The Labute approximate surface area is 223 Å². The van der Waals surface area contributed by atoms with E-state index in [0.717, 1.165) is 66.0 Å². The van der Waals surface area contributed by atoms with Crippen LogP contribution in [-0.4, -0.2) is 41.2 Å². The highest BCUT2D eigenvalue weighted by atomic mass is 19.1. The first-order valence-corrected chi connectivity index (χ1v) is 13.4. The second-order valence-electron chi connectivity index (χ2n) is 10.5. The zero-order valence-corrected chi connectivity index (χ0v) is 22.2. The molecule has 1 saturated heterocycles. The molecule has 0 amide bonds. The second-order valence-corrected chi connectivity index (χ2v) is 10.5. The highest BCUT2D eigenvalue weighted by molar-refractivity contribution is 5.71. The molecule has 2 aliphatic heterocycles. The highest BCUT2D eigenvalue weighted by Crippen LogP contribution is 2.39. The molecule has 2 aromatic carbocycles. The molecule has 1 N–H and O–H groups in total. The number of pyridine rings is 1. The van der Waals surface area contributed by atoms with Gasteiger partial charge in [0.2, 0.25) is 5.88 Å². The minimum atomic E-state index is -0.803. The number of aryl methyl sites for hydroxylation is 1. The minimum absolute atomic E-state index is 0.125. The number of nitrogens with zero attached hydrogens (tertiary/aromatic N) is 2. The summed E-state index contributed by atoms with van der Waals surface area (Å²) < 4.78 is 26.7. The van der Waals surface area contributed by atoms with E-state index in [2.05, 4.69) is 22.0 Å². The summed E-state index contributed by atoms with van der Waals surface area (Å²) in [7, 11) is 1.53. The fourth-order valence-electron chi connectivity index (χ4n) is 5.53. The van der Waals surface area contributed by atoms with Gasteiger partial charge in [-0.25, -0.2) is 9.37 Å². The molecule has 5 rings (SSSR count). The van der Waals surface area contributed by atoms with E-state index < -0.39 is 11.9 Å². The van der Waals surface area contributed by atoms with Gasteiger partial charge in [-0.15, -0.1) is 0 Å². The predicted molar refractivity (Wildman–Crippen MR) is 144 cm³/mol. The van der Waals surface area contributed by atoms with Crippen LogP contribution < -0.4 is 9.47 Å². The van der Waals surface area contributed by atoms with Crippen molar-refractivity contribution in [3.8, 4) is 22.8 Å². The maximum atomic E-state index is 14.9. The molecule has 0 saturated carbocycles. The number of benzene rings is 2. The molecule has 1 unspecified atom stereocenters. The maximum absolute atomic E-state index is 14.9. The van der Waals surface area contributed by atoms with Gasteiger partial charge in [-0.3, -0.25) is 9.69 Å². The molecule has 7 heteroatoms. The smallest absolute Gasteiger partial charge is 0.306 e. The van der Waals surface area contributed by atoms with E-state index in [1.54, 1.807) is 13.0 Å². The molecule has 3 atom stereocenters. The summed E-state index contributed by atoms with van der Waals surface area (Å²) in [6, 6.07) is 13.9. The summed E-state index contributed by atoms with van der Waals surface area (Å²) in [5.41, 5.74) is 5.55. The lowest BCUT2D eigenvalue weighted by atomic mass is 9.87. The van der Waals surface area contributed by atoms with Gasteiger partial charge in [0.25, 0.3) is 0 Å². The topological polar surface area (TPSA) is 71.9 Å². The Kier molecular flexibility index (Phi) is 7.65. The third kappa shape index (κ3) is 5.39. The van der Waals surface area contributed by atoms with Gasteiger partial charge in [-0.05, 0) is 78.6 Å². The van der Waals surface area contributed by atoms with Crippen LogP contribution in [0.5, 0.6) is 11.6 Å². The number of carboxylic acids is 1. The van der Waals surface area contributed by atoms with Crippen molar-refractivity contribution in [3.05, 3.63) is 76.7 Å². The highest BCUT2D eigenvalue weighted by Gasteiger charge is 2.26. The Morgan fingerprint density at radius 1 is 1.16 bits per heavy atom. The van der Waals surface area contributed by atoms with Crippen molar-refractivity contribution in [1.29, 1.82) is 0 Å². The van der Waals surface area contributed by atoms with Crippen LogP contribution in [-0.2, 0) is 17.8 Å². The molecule has 200 valence electrons. The molecule has 0 spiro atoms. The average molecular weight is 519 g/mol. The standard InChI is InChI=1S/C31H35FN2O4/c1-19(20(2)31(35)36)22-7-6-21-9-11-28(38-29(21)15-22)23-8-10-25(24(14-23)18-34-12-4-5-13-34)26-16-30(37-3)33-17-27(26)32/h6-8,10,14-17,19-20,28H,4-5,9,11-13,18H2,1-3H3,(H,35,36)/t19-,20+,28?/m1/s1. The van der Waals surface area contributed by atoms with E-state index in [4.69, 9.17) is 9.47 Å². The first kappa shape index (κ1) is 26.2. The van der Waals surface area contributed by atoms with Gasteiger partial charge >= 0.3 is 5.97 Å². The van der Waals surface area contributed by atoms with E-state index >= 15 is 0 Å². The number of aromatic nitrogens is 1. The fraction of sp³-hybridized carbons (Fsp3) is 0.419. The van der Waals surface area contributed by atoms with Crippen molar-refractivity contribution in [3.63, 3.8) is 0 Å². The first-order chi connectivity index (χ1) is 18.3. The summed E-state index contributed by atoms with van der Waals surface area (Å²) >= 11 is 0. The number of hydrogen-bond acceptors (Lipinski definition) is 5. The molecule has 0 bridgehead atoms. The van der Waals surface area contributed by atoms with Crippen molar-refractivity contribution in [2.45, 2.75) is 58.1 Å². The fourth-order valence-corrected chi connectivity index (χ4v) is 5.53. The predicted octanol–water partition coefficient (Wildman–Crippen LogP) is 6.38. The van der Waals surface area contributed by atoms with E-state index in [0.29, 0.717) is 11.4 Å². The lowest BCUT2D eigenvalue weighted by Gasteiger charge is -2.29. The molecule has 1 aromatic heterocycles. The normalized spacial score (nSPS) is 18.9. The summed E-state index contributed by atoms with van der Waals surface area (Å²) in [5.74, 6) is -0.588. The number of methoxy groups -OCH3 is 1. The monoisotopic (exact) mass is 518 g/mol. The summed E-state index contributed by atoms with van der Waals surface area (Å²) in [4.78, 5) is 17.9. The molecular weight excluding hydrogens is 483 g/mol. The number of fused-ring (bicyclic) bond motifs is 1. The molecule has 6 nitrogen and oxygen atoms in total. The Morgan fingerprint density at radius 2 is 1.95 bits per heavy atom. The van der Waals surface area contributed by atoms with Gasteiger partial charge in [0.1, 0.15) is 17.7 Å². The van der Waals surface area contributed by atoms with E-state index in [9.17, 15) is 14.3 Å². The number of hydrogen-bond donors (Lipinski definition) is 1. The molecule has 3 heterocycles. The first-order valence-electron chi connectivity index (χ1n) is 13.4. The van der Waals surface area contributed by atoms with E-state index in [1.165, 1.54) is 26.1 Å². The van der Waals surface area contributed by atoms with Gasteiger partial charge in [0.15, 0.2) is 0 Å². The van der Waals surface area contributed by atoms with Gasteiger partial charge in [-0.2, -0.15) is 0 Å². The quantitative estimate of drug-likeness (QED) is 0.373. The second kappa shape index (κ2) is 11.1. The van der Waals surface area contributed by atoms with Crippen molar-refractivity contribution < 1.29 is 23.8 Å². The molecule has 0 radical (unpaired) electrons. The van der Waals surface area contributed by atoms with Crippen LogP contribution in [0.4, 0.5) is 4.39 Å². The van der Waals surface area contributed by atoms with Gasteiger partial charge in [0, 0.05) is 18.2 Å². The Bertz CT molecular complexity index is 1320. The Hall–Kier alpha value is -3.45. The molecule has 38 heavy (non-hydrogen) atoms. The van der Waals surface area contributed by atoms with Crippen LogP contribution in [0.15, 0.2) is 48.7 Å². The van der Waals surface area contributed by atoms with Crippen molar-refractivity contribution in [1.82, 2.24) is 9.88 Å². The molecule has 3 aromatic rings. The Morgan fingerprint density at radius 3 is 2.68 bits per heavy atom.